The number of alkyl carbamates (subject to hydrolysis) is 2. The monoisotopic (exact) mass is 1570 g/mol. The van der Waals surface area contributed by atoms with Gasteiger partial charge < -0.3 is 105 Å². The Kier molecular flexibility index (Phi) is 31.2. The van der Waals surface area contributed by atoms with Gasteiger partial charge in [0.05, 0.1) is 134 Å². The third-order valence-corrected chi connectivity index (χ3v) is 19.9. The number of halogens is 1. The molecule has 0 spiro atoms. The maximum atomic E-state index is 15.5. The number of benzene rings is 4. The fraction of sp³-hybridized carbons (Fsp3) is 0.487. The van der Waals surface area contributed by atoms with Gasteiger partial charge in [-0.3, -0.25) is 33.6 Å². The highest BCUT2D eigenvalue weighted by Gasteiger charge is 2.46. The minimum Gasteiger partial charge on any atom is -0.458 e. The second-order valence-corrected chi connectivity index (χ2v) is 27.6. The molecule has 0 fully saturated rings. The Morgan fingerprint density at radius 2 is 1.27 bits per heavy atom. The number of aromatic nitrogens is 2. The predicted molar refractivity (Wildman–Crippen MR) is 406 cm³/mol. The number of unbranched alkanes of at least 4 members (excludes halogenated alkanes) is 1. The molecular formula is C80H99FN10O22. The van der Waals surface area contributed by atoms with E-state index in [0.29, 0.717) is 155 Å². The van der Waals surface area contributed by atoms with Crippen LogP contribution in [0, 0.1) is 12.7 Å². The number of carbonyl (C=O) groups excluding carboxylic acids is 9. The van der Waals surface area contributed by atoms with E-state index >= 15 is 4.39 Å². The second kappa shape index (κ2) is 41.4. The molecule has 4 aromatic carbocycles. The summed E-state index contributed by atoms with van der Waals surface area (Å²) in [6, 6.07) is 18.5. The number of rotatable bonds is 45. The maximum Gasteiger partial charge on any atom is 0.407 e. The van der Waals surface area contributed by atoms with Crippen molar-refractivity contribution in [2.75, 3.05) is 125 Å². The van der Waals surface area contributed by atoms with E-state index in [1.54, 1.807) is 39.2 Å². The van der Waals surface area contributed by atoms with Crippen molar-refractivity contribution in [3.05, 3.63) is 151 Å². The van der Waals surface area contributed by atoms with Gasteiger partial charge in [-0.2, -0.15) is 0 Å². The zero-order valence-electron chi connectivity index (χ0n) is 64.0. The van der Waals surface area contributed by atoms with Gasteiger partial charge in [-0.05, 0) is 122 Å². The Labute approximate surface area is 651 Å². The van der Waals surface area contributed by atoms with E-state index < -0.39 is 101 Å². The maximum absolute atomic E-state index is 15.5. The minimum atomic E-state index is -2.07. The zero-order valence-corrected chi connectivity index (χ0v) is 64.0. The quantitative estimate of drug-likeness (QED) is 0.0142. The van der Waals surface area contributed by atoms with Gasteiger partial charge in [-0.1, -0.05) is 67.6 Å². The zero-order chi connectivity index (χ0) is 80.6. The summed E-state index contributed by atoms with van der Waals surface area (Å²) in [5.41, 5.74) is 11.2. The molecule has 0 radical (unpaired) electrons. The van der Waals surface area contributed by atoms with Gasteiger partial charge >= 0.3 is 18.2 Å². The first kappa shape index (κ1) is 85.1. The molecule has 0 saturated heterocycles. The predicted octanol–water partition coefficient (Wildman–Crippen LogP) is 4.71. The summed E-state index contributed by atoms with van der Waals surface area (Å²) in [4.78, 5) is 139. The summed E-state index contributed by atoms with van der Waals surface area (Å²) < 4.78 is 76.9. The van der Waals surface area contributed by atoms with Gasteiger partial charge in [-0.25, -0.2) is 23.8 Å². The first-order valence-corrected chi connectivity index (χ1v) is 37.8. The van der Waals surface area contributed by atoms with Crippen LogP contribution in [0.2, 0.25) is 0 Å². The van der Waals surface area contributed by atoms with Crippen LogP contribution in [-0.2, 0) is 117 Å². The van der Waals surface area contributed by atoms with E-state index in [9.17, 15) is 53.1 Å². The Morgan fingerprint density at radius 3 is 1.87 bits per heavy atom. The van der Waals surface area contributed by atoms with Crippen LogP contribution in [0.25, 0.3) is 33.4 Å². The van der Waals surface area contributed by atoms with Gasteiger partial charge in [0.1, 0.15) is 56.4 Å². The van der Waals surface area contributed by atoms with E-state index in [1.807, 2.05) is 48.5 Å². The highest BCUT2D eigenvalue weighted by atomic mass is 19.1. The van der Waals surface area contributed by atoms with Crippen molar-refractivity contribution >= 4 is 70.2 Å². The Morgan fingerprint density at radius 1 is 0.681 bits per heavy atom. The number of hydrogen-bond acceptors (Lipinski definition) is 23. The van der Waals surface area contributed by atoms with Crippen LogP contribution in [0.5, 0.6) is 0 Å². The van der Waals surface area contributed by atoms with E-state index in [-0.39, 0.29) is 94.2 Å². The molecule has 0 unspecified atom stereocenters. The highest BCUT2D eigenvalue weighted by Crippen LogP contribution is 2.47. The van der Waals surface area contributed by atoms with Gasteiger partial charge in [0, 0.05) is 47.8 Å². The Balaban J connectivity index is 0.656. The number of nitrogens with two attached hydrogens (primary N) is 1. The largest absolute Gasteiger partial charge is 0.458 e. The van der Waals surface area contributed by atoms with E-state index in [4.69, 9.17) is 62.8 Å². The van der Waals surface area contributed by atoms with Gasteiger partial charge in [0.15, 0.2) is 5.60 Å². The molecule has 2 aliphatic carbocycles. The SMILES string of the molecule is CC[C@@]1(O)C(=O)OCc2c1cc1n(c2=O)Cc2c-1nc1cc(F)c(C)c3c1c2[C@@H](NC(=O)OCc1ccc(NC(=O)[C@H](CC(N)=O)NC(=O)[C@H](C)NC(=O)[C@H](C)NC(=O)[C@H](CCCCNC(=O)COCCOCCOCCOCCOCCOCCOCCOC)NC(=O)OCC2c4ccccc4-c4ccccc42)cc1)CC3. The fourth-order valence-electron chi connectivity index (χ4n) is 13.9. The summed E-state index contributed by atoms with van der Waals surface area (Å²) in [5.74, 6) is -6.29. The summed E-state index contributed by atoms with van der Waals surface area (Å²) in [6.45, 7) is 11.0. The number of nitrogens with one attached hydrogen (secondary N) is 7. The van der Waals surface area contributed by atoms with Crippen molar-refractivity contribution in [3.8, 4) is 22.5 Å². The molecule has 10 N–H and O–H groups in total. The second-order valence-electron chi connectivity index (χ2n) is 27.6. The number of aryl methyl sites for hydroxylation is 1. The lowest BCUT2D eigenvalue weighted by atomic mass is 9.81. The molecule has 0 bridgehead atoms. The lowest BCUT2D eigenvalue weighted by Gasteiger charge is -2.31. The number of fused-ring (bicyclic) bond motifs is 8. The summed E-state index contributed by atoms with van der Waals surface area (Å²) >= 11 is 0. The molecule has 10 rings (SSSR count). The third-order valence-electron chi connectivity index (χ3n) is 19.9. The smallest absolute Gasteiger partial charge is 0.407 e. The average molecular weight is 1570 g/mol. The van der Waals surface area contributed by atoms with Gasteiger partial charge in [0.2, 0.25) is 35.4 Å². The average Bonchev–Trinajstić information content (AvgIpc) is 1.45. The van der Waals surface area contributed by atoms with E-state index in [2.05, 4.69) is 37.2 Å². The number of methoxy groups -OCH3 is 1. The van der Waals surface area contributed by atoms with Crippen LogP contribution in [0.15, 0.2) is 89.7 Å². The third kappa shape index (κ3) is 22.3. The molecule has 4 heterocycles. The van der Waals surface area contributed by atoms with Crippen molar-refractivity contribution in [1.82, 2.24) is 41.5 Å². The first-order valence-electron chi connectivity index (χ1n) is 37.8. The lowest BCUT2D eigenvalue weighted by Crippen LogP contribution is -2.56. The van der Waals surface area contributed by atoms with Gasteiger partial charge in [0.25, 0.3) is 5.56 Å². The molecule has 8 amide bonds. The first-order chi connectivity index (χ1) is 54.6. The van der Waals surface area contributed by atoms with Crippen molar-refractivity contribution in [2.45, 2.75) is 134 Å². The number of esters is 1. The molecule has 32 nitrogen and oxygen atoms in total. The van der Waals surface area contributed by atoms with E-state index in [1.165, 1.54) is 36.6 Å². The fourth-order valence-corrected chi connectivity index (χ4v) is 13.9. The number of aliphatic hydroxyl groups is 1. The standard InChI is InChI=1S/C80H99FN10O22/c1-6-80(102)60-39-66-71-57(42-91(66)76(98)59(60)45-111-77(80)99)70-62(23-22-52-47(2)61(81)40-64(87-71)69(52)70)89-78(100)112-43-50-18-20-51(21-19-50)86-75(97)65(41-67(82)92)88-73(95)49(4)84-72(94)48(3)85-74(96)63(90-79(101)113-44-58-55-15-9-7-13-53(55)54-14-8-10-16-56(54)58)17-11-12-24-83-68(93)46-110-38-37-109-36-35-108-34-33-107-32-31-106-30-29-105-28-27-104-26-25-103-5/h7-10,13-16,18-21,39-40,48-49,58,62-63,65,102H,6,11-12,17,22-38,41-46H2,1-5H3,(H2,82,92)(H,83,93)(H,84,94)(H,85,96)(H,86,97)(H,88,95)(H,89,100)(H,90,101)/t48-,49-,62-,63-,65-,80-/m0/s1. The molecule has 608 valence electrons. The van der Waals surface area contributed by atoms with Crippen LogP contribution in [0.3, 0.4) is 0 Å². The van der Waals surface area contributed by atoms with Crippen molar-refractivity contribution in [3.63, 3.8) is 0 Å². The number of nitrogens with zero attached hydrogens (tertiary/aromatic N) is 2. The van der Waals surface area contributed by atoms with Crippen LogP contribution in [0.4, 0.5) is 19.7 Å². The normalized spacial score (nSPS) is 16.0. The number of anilines is 1. The molecule has 0 saturated carbocycles. The molecule has 33 heteroatoms. The van der Waals surface area contributed by atoms with Crippen LogP contribution in [0.1, 0.15) is 121 Å². The highest BCUT2D eigenvalue weighted by molar-refractivity contribution is 6.01. The van der Waals surface area contributed by atoms with Gasteiger partial charge in [-0.15, -0.1) is 0 Å². The molecular weight excluding hydrogens is 1470 g/mol. The number of ether oxygens (including phenoxy) is 11. The molecule has 6 aromatic rings. The summed E-state index contributed by atoms with van der Waals surface area (Å²) in [5, 5.41) is 30.7. The van der Waals surface area contributed by atoms with Crippen molar-refractivity contribution in [2.24, 2.45) is 5.73 Å². The minimum absolute atomic E-state index is 0.0302. The number of cyclic esters (lactones) is 1. The Bertz CT molecular complexity index is 4400. The van der Waals surface area contributed by atoms with Crippen molar-refractivity contribution in [1.29, 1.82) is 0 Å². The number of amides is 8. The Hall–Kier alpha value is -10.4. The molecule has 113 heavy (non-hydrogen) atoms. The van der Waals surface area contributed by atoms with Crippen LogP contribution >= 0.6 is 0 Å². The number of hydrogen-bond donors (Lipinski definition) is 9. The molecule has 2 aliphatic heterocycles. The number of pyridine rings is 2. The molecule has 6 atom stereocenters. The van der Waals surface area contributed by atoms with Crippen LogP contribution < -0.4 is 48.5 Å². The van der Waals surface area contributed by atoms with E-state index in [0.717, 1.165) is 22.3 Å². The van der Waals surface area contributed by atoms with Crippen molar-refractivity contribution < 1.29 is 105 Å². The lowest BCUT2D eigenvalue weighted by molar-refractivity contribution is -0.172. The number of primary amides is 1. The summed E-state index contributed by atoms with van der Waals surface area (Å²) in [7, 11) is 1.62. The van der Waals surface area contributed by atoms with Crippen LogP contribution in [-0.4, -0.2) is 212 Å². The molecule has 2 aromatic heterocycles. The topological polar surface area (TPSA) is 421 Å². The summed E-state index contributed by atoms with van der Waals surface area (Å²) in [6.07, 6.45) is -0.956. The number of carbonyl (C=O) groups is 9. The molecule has 4 aliphatic rings.